The van der Waals surface area contributed by atoms with Gasteiger partial charge >= 0.3 is 0 Å². The van der Waals surface area contributed by atoms with E-state index in [9.17, 15) is 4.79 Å². The number of aromatic nitrogens is 4. The lowest BCUT2D eigenvalue weighted by Crippen LogP contribution is -2.14. The minimum atomic E-state index is -0.347. The zero-order valence-corrected chi connectivity index (χ0v) is 14.3. The molecule has 2 heterocycles. The van der Waals surface area contributed by atoms with E-state index in [2.05, 4.69) is 15.1 Å². The van der Waals surface area contributed by atoms with E-state index in [4.69, 9.17) is 9.47 Å². The van der Waals surface area contributed by atoms with E-state index in [-0.39, 0.29) is 11.0 Å². The Bertz CT molecular complexity index is 848. The Kier molecular flexibility index (Phi) is 4.66. The molecule has 3 rings (SSSR count). The van der Waals surface area contributed by atoms with Crippen LogP contribution in [0.2, 0.25) is 0 Å². The maximum Gasteiger partial charge on any atom is 0.253 e. The summed E-state index contributed by atoms with van der Waals surface area (Å²) in [5.74, 6) is 1.58. The summed E-state index contributed by atoms with van der Waals surface area (Å²) in [5.41, 5.74) is 0.550. The first-order chi connectivity index (χ1) is 11.6. The van der Waals surface area contributed by atoms with Gasteiger partial charge in [-0.2, -0.15) is 4.98 Å². The van der Waals surface area contributed by atoms with Crippen LogP contribution in [0.5, 0.6) is 11.5 Å². The lowest BCUT2D eigenvalue weighted by Gasteiger charge is -2.11. The van der Waals surface area contributed by atoms with Gasteiger partial charge < -0.3 is 9.47 Å². The van der Waals surface area contributed by atoms with Gasteiger partial charge in [-0.05, 0) is 31.2 Å². The fourth-order valence-electron chi connectivity index (χ4n) is 2.20. The maximum absolute atomic E-state index is 12.6. The van der Waals surface area contributed by atoms with Crippen molar-refractivity contribution >= 4 is 23.3 Å². The minimum absolute atomic E-state index is 0.0345. The van der Waals surface area contributed by atoms with Crippen LogP contribution in [0.4, 0.5) is 0 Å². The first-order valence-electron chi connectivity index (χ1n) is 7.22. The molecule has 1 aromatic carbocycles. The van der Waals surface area contributed by atoms with E-state index in [1.807, 2.05) is 6.92 Å². The van der Waals surface area contributed by atoms with Gasteiger partial charge in [0.1, 0.15) is 0 Å². The second-order valence-corrected chi connectivity index (χ2v) is 6.26. The molecular formula is C16H16N4O3S. The first kappa shape index (κ1) is 16.3. The summed E-state index contributed by atoms with van der Waals surface area (Å²) in [6.45, 7) is 1.82. The zero-order valence-electron chi connectivity index (χ0n) is 13.5. The van der Waals surface area contributed by atoms with Gasteiger partial charge in [-0.3, -0.25) is 4.79 Å². The average molecular weight is 344 g/mol. The van der Waals surface area contributed by atoms with Crippen LogP contribution in [0.15, 0.2) is 41.8 Å². The quantitative estimate of drug-likeness (QED) is 0.502. The van der Waals surface area contributed by atoms with Crippen LogP contribution < -0.4 is 9.47 Å². The van der Waals surface area contributed by atoms with Crippen LogP contribution in [0.3, 0.4) is 0 Å². The number of benzene rings is 1. The number of hydrogen-bond donors (Lipinski definition) is 0. The highest BCUT2D eigenvalue weighted by Gasteiger charge is 2.20. The summed E-state index contributed by atoms with van der Waals surface area (Å²) >= 11 is 1.29. The minimum Gasteiger partial charge on any atom is -0.493 e. The molecule has 0 radical (unpaired) electrons. The number of ether oxygens (including phenoxy) is 2. The Labute approximate surface area is 143 Å². The zero-order chi connectivity index (χ0) is 17.1. The molecule has 1 atom stereocenters. The topological polar surface area (TPSA) is 78.6 Å². The molecule has 0 amide bonds. The molecule has 2 aromatic heterocycles. The molecule has 0 aliphatic carbocycles. The third-order valence-electron chi connectivity index (χ3n) is 3.42. The Morgan fingerprint density at radius 2 is 2.04 bits per heavy atom. The molecule has 0 aliphatic heterocycles. The Morgan fingerprint density at radius 1 is 1.25 bits per heavy atom. The molecule has 0 bridgehead atoms. The van der Waals surface area contributed by atoms with E-state index in [1.165, 1.54) is 18.9 Å². The number of rotatable bonds is 6. The molecule has 24 heavy (non-hydrogen) atoms. The van der Waals surface area contributed by atoms with Gasteiger partial charge in [0, 0.05) is 18.0 Å². The molecule has 0 N–H and O–H groups in total. The van der Waals surface area contributed by atoms with Crippen molar-refractivity contribution in [3.05, 3.63) is 42.2 Å². The number of methoxy groups -OCH3 is 2. The van der Waals surface area contributed by atoms with Crippen LogP contribution in [-0.4, -0.2) is 44.8 Å². The fourth-order valence-corrected chi connectivity index (χ4v) is 3.03. The number of hydrogen-bond acceptors (Lipinski definition) is 7. The van der Waals surface area contributed by atoms with Crippen molar-refractivity contribution in [1.29, 1.82) is 0 Å². The number of carbonyl (C=O) groups is 1. The summed E-state index contributed by atoms with van der Waals surface area (Å²) in [6, 6.07) is 6.89. The number of Topliss-reactive ketones (excluding diaryl/α,β-unsaturated/α-hetero) is 1. The Hall–Kier alpha value is -2.61. The summed E-state index contributed by atoms with van der Waals surface area (Å²) in [7, 11) is 3.10. The third-order valence-corrected chi connectivity index (χ3v) is 4.37. The molecule has 0 saturated carbocycles. The highest BCUT2D eigenvalue weighted by molar-refractivity contribution is 8.00. The van der Waals surface area contributed by atoms with Crippen molar-refractivity contribution in [2.24, 2.45) is 0 Å². The maximum atomic E-state index is 12.6. The van der Waals surface area contributed by atoms with Crippen molar-refractivity contribution < 1.29 is 14.3 Å². The largest absolute Gasteiger partial charge is 0.493 e. The second kappa shape index (κ2) is 6.88. The predicted octanol–water partition coefficient (Wildman–Crippen LogP) is 2.51. The number of fused-ring (bicyclic) bond motifs is 1. The first-order valence-corrected chi connectivity index (χ1v) is 8.10. The van der Waals surface area contributed by atoms with E-state index >= 15 is 0 Å². The monoisotopic (exact) mass is 344 g/mol. The van der Waals surface area contributed by atoms with Crippen molar-refractivity contribution in [2.75, 3.05) is 14.2 Å². The predicted molar refractivity (Wildman–Crippen MR) is 90.0 cm³/mol. The van der Waals surface area contributed by atoms with Gasteiger partial charge in [0.05, 0.1) is 19.5 Å². The average Bonchev–Trinajstić information content (AvgIpc) is 3.02. The number of thioether (sulfide) groups is 1. The number of carbonyl (C=O) groups excluding carboxylic acids is 1. The summed E-state index contributed by atoms with van der Waals surface area (Å²) in [4.78, 5) is 21.0. The van der Waals surface area contributed by atoms with Gasteiger partial charge in [-0.25, -0.2) is 9.50 Å². The van der Waals surface area contributed by atoms with Gasteiger partial charge in [0.25, 0.3) is 5.78 Å². The van der Waals surface area contributed by atoms with Gasteiger partial charge in [0.2, 0.25) is 5.16 Å². The molecular weight excluding hydrogens is 328 g/mol. The molecule has 0 spiro atoms. The summed E-state index contributed by atoms with van der Waals surface area (Å²) in [5, 5.41) is 4.46. The third kappa shape index (κ3) is 3.18. The normalized spacial score (nSPS) is 12.1. The molecule has 7 nitrogen and oxygen atoms in total. The molecule has 0 fully saturated rings. The van der Waals surface area contributed by atoms with E-state index < -0.39 is 0 Å². The Morgan fingerprint density at radius 3 is 2.75 bits per heavy atom. The lowest BCUT2D eigenvalue weighted by molar-refractivity contribution is 0.0993. The molecule has 0 unspecified atom stereocenters. The smallest absolute Gasteiger partial charge is 0.253 e. The van der Waals surface area contributed by atoms with E-state index in [0.717, 1.165) is 0 Å². The summed E-state index contributed by atoms with van der Waals surface area (Å²) in [6.07, 6.45) is 3.41. The highest BCUT2D eigenvalue weighted by Crippen LogP contribution is 2.30. The van der Waals surface area contributed by atoms with Crippen LogP contribution in [-0.2, 0) is 0 Å². The van der Waals surface area contributed by atoms with Crippen LogP contribution in [0, 0.1) is 0 Å². The standard InChI is InChI=1S/C16H16N4O3S/c1-10(24-16-18-15-17-7-4-8-20(15)19-16)14(21)11-5-6-12(22-2)13(9-11)23-3/h4-10H,1-3H3/t10-/m0/s1. The molecule has 124 valence electrons. The second-order valence-electron chi connectivity index (χ2n) is 4.95. The van der Waals surface area contributed by atoms with Crippen molar-refractivity contribution in [2.45, 2.75) is 17.3 Å². The SMILES string of the molecule is COc1ccc(C(=O)[C@H](C)Sc2nc3ncccn3n2)cc1OC. The highest BCUT2D eigenvalue weighted by atomic mass is 32.2. The van der Waals surface area contributed by atoms with Crippen molar-refractivity contribution in [3.63, 3.8) is 0 Å². The summed E-state index contributed by atoms with van der Waals surface area (Å²) < 4.78 is 12.0. The molecule has 0 saturated heterocycles. The van der Waals surface area contributed by atoms with E-state index in [0.29, 0.717) is 28.0 Å². The molecule has 8 heteroatoms. The van der Waals surface area contributed by atoms with Crippen LogP contribution in [0.1, 0.15) is 17.3 Å². The molecule has 3 aromatic rings. The van der Waals surface area contributed by atoms with Crippen LogP contribution in [0.25, 0.3) is 5.78 Å². The van der Waals surface area contributed by atoms with Gasteiger partial charge in [-0.1, -0.05) is 11.8 Å². The van der Waals surface area contributed by atoms with Crippen LogP contribution >= 0.6 is 11.8 Å². The number of ketones is 1. The lowest BCUT2D eigenvalue weighted by atomic mass is 10.1. The number of nitrogens with zero attached hydrogens (tertiary/aromatic N) is 4. The van der Waals surface area contributed by atoms with Gasteiger partial charge in [-0.15, -0.1) is 5.10 Å². The molecule has 0 aliphatic rings. The fraction of sp³-hybridized carbons (Fsp3) is 0.250. The van der Waals surface area contributed by atoms with Crippen molar-refractivity contribution in [3.8, 4) is 11.5 Å². The van der Waals surface area contributed by atoms with E-state index in [1.54, 1.807) is 48.3 Å². The van der Waals surface area contributed by atoms with Crippen molar-refractivity contribution in [1.82, 2.24) is 19.6 Å². The Balaban J connectivity index is 1.79. The van der Waals surface area contributed by atoms with Gasteiger partial charge in [0.15, 0.2) is 17.3 Å².